The second-order valence-electron chi connectivity index (χ2n) is 7.38. The van der Waals surface area contributed by atoms with Gasteiger partial charge in [-0.05, 0) is 31.9 Å². The van der Waals surface area contributed by atoms with Gasteiger partial charge in [-0.3, -0.25) is 14.5 Å². The Hall–Kier alpha value is -2.67. The van der Waals surface area contributed by atoms with Crippen molar-refractivity contribution in [3.63, 3.8) is 0 Å². The first kappa shape index (κ1) is 17.7. The molecule has 2 aliphatic heterocycles. The minimum atomic E-state index is -0.437. The lowest BCUT2D eigenvalue weighted by atomic mass is 10.1. The normalized spacial score (nSPS) is 18.3. The van der Waals surface area contributed by atoms with Crippen molar-refractivity contribution in [2.75, 3.05) is 19.6 Å². The number of nitrogens with zero attached hydrogens (tertiary/aromatic N) is 3. The van der Waals surface area contributed by atoms with E-state index in [-0.39, 0.29) is 11.9 Å². The lowest BCUT2D eigenvalue weighted by Crippen LogP contribution is -2.47. The minimum Gasteiger partial charge on any atom is -0.366 e. The molecule has 2 aromatic rings. The Morgan fingerprint density at radius 2 is 1.85 bits per heavy atom. The van der Waals surface area contributed by atoms with Crippen molar-refractivity contribution in [2.45, 2.75) is 38.8 Å². The number of primary amides is 1. The Morgan fingerprint density at radius 1 is 1.15 bits per heavy atom. The molecule has 1 atom stereocenters. The molecule has 4 rings (SSSR count). The van der Waals surface area contributed by atoms with Crippen molar-refractivity contribution in [1.82, 2.24) is 19.8 Å². The molecular formula is C20H25N5O2. The molecule has 7 heteroatoms. The van der Waals surface area contributed by atoms with Crippen LogP contribution in [0.4, 0.5) is 0 Å². The monoisotopic (exact) mass is 367 g/mol. The van der Waals surface area contributed by atoms with Gasteiger partial charge in [0.2, 0.25) is 11.8 Å². The fraction of sp³-hybridized carbons (Fsp3) is 0.450. The number of fused-ring (bicyclic) bond motifs is 1. The summed E-state index contributed by atoms with van der Waals surface area (Å²) in [5.41, 5.74) is 8.82. The van der Waals surface area contributed by atoms with Crippen LogP contribution in [-0.4, -0.2) is 57.3 Å². The average Bonchev–Trinajstić information content (AvgIpc) is 3.36. The van der Waals surface area contributed by atoms with E-state index in [1.807, 2.05) is 24.0 Å². The van der Waals surface area contributed by atoms with Crippen molar-refractivity contribution in [2.24, 2.45) is 5.73 Å². The predicted octanol–water partition coefficient (Wildman–Crippen LogP) is 1.54. The van der Waals surface area contributed by atoms with Gasteiger partial charge in [-0.25, -0.2) is 4.98 Å². The van der Waals surface area contributed by atoms with Crippen LogP contribution in [0, 0.1) is 0 Å². The Balaban J connectivity index is 1.48. The summed E-state index contributed by atoms with van der Waals surface area (Å²) in [6.45, 7) is 5.31. The van der Waals surface area contributed by atoms with E-state index in [1.165, 1.54) is 0 Å². The number of rotatable bonds is 4. The first-order chi connectivity index (χ1) is 13.0. The van der Waals surface area contributed by atoms with Crippen LogP contribution in [0.3, 0.4) is 0 Å². The summed E-state index contributed by atoms with van der Waals surface area (Å²) in [5, 5.41) is 0. The van der Waals surface area contributed by atoms with E-state index in [0.29, 0.717) is 12.1 Å². The molecule has 0 radical (unpaired) electrons. The summed E-state index contributed by atoms with van der Waals surface area (Å²) in [6.07, 6.45) is 3.05. The highest BCUT2D eigenvalue weighted by molar-refractivity contribution is 5.93. The molecule has 1 aromatic carbocycles. The fourth-order valence-electron chi connectivity index (χ4n) is 3.93. The van der Waals surface area contributed by atoms with Crippen molar-refractivity contribution >= 4 is 11.8 Å². The summed E-state index contributed by atoms with van der Waals surface area (Å²) in [6, 6.07) is 7.01. The third kappa shape index (κ3) is 3.47. The topological polar surface area (TPSA) is 95.3 Å². The standard InChI is InChI=1S/C20H25N5O2/c1-13(20(27)24-9-2-3-10-24)25-11-8-16-17(12-25)23-19(22-16)15-6-4-14(5-7-15)18(21)26/h4-7,13H,2-3,8-12H2,1H3,(H2,21,26)(H,22,23)/t13-/m1/s1. The maximum absolute atomic E-state index is 12.7. The second-order valence-corrected chi connectivity index (χ2v) is 7.38. The molecule has 3 heterocycles. The van der Waals surface area contributed by atoms with Crippen molar-refractivity contribution < 1.29 is 9.59 Å². The molecule has 0 saturated carbocycles. The Bertz CT molecular complexity index is 852. The number of aromatic amines is 1. The molecule has 0 spiro atoms. The van der Waals surface area contributed by atoms with Crippen LogP contribution in [0.2, 0.25) is 0 Å². The number of nitrogens with one attached hydrogen (secondary N) is 1. The van der Waals surface area contributed by atoms with Crippen LogP contribution in [0.15, 0.2) is 24.3 Å². The SMILES string of the molecule is C[C@H](C(=O)N1CCCC1)N1CCc2nc(-c3ccc(C(N)=O)cc3)[nH]c2C1. The number of H-pyrrole nitrogens is 1. The van der Waals surface area contributed by atoms with Gasteiger partial charge in [0.25, 0.3) is 0 Å². The number of imidazole rings is 1. The van der Waals surface area contributed by atoms with Gasteiger partial charge in [0.05, 0.1) is 17.4 Å². The molecule has 142 valence electrons. The lowest BCUT2D eigenvalue weighted by Gasteiger charge is -2.33. The number of carbonyl (C=O) groups excluding carboxylic acids is 2. The highest BCUT2D eigenvalue weighted by Gasteiger charge is 2.31. The van der Waals surface area contributed by atoms with Crippen LogP contribution < -0.4 is 5.73 Å². The maximum atomic E-state index is 12.7. The van der Waals surface area contributed by atoms with Gasteiger partial charge in [0.1, 0.15) is 5.82 Å². The van der Waals surface area contributed by atoms with Gasteiger partial charge < -0.3 is 15.6 Å². The molecule has 1 aromatic heterocycles. The third-order valence-corrected chi connectivity index (χ3v) is 5.63. The molecule has 0 aliphatic carbocycles. The molecule has 1 fully saturated rings. The van der Waals surface area contributed by atoms with Crippen LogP contribution in [0.25, 0.3) is 11.4 Å². The summed E-state index contributed by atoms with van der Waals surface area (Å²) >= 11 is 0. The quantitative estimate of drug-likeness (QED) is 0.857. The number of nitrogens with two attached hydrogens (primary N) is 1. The van der Waals surface area contributed by atoms with E-state index in [9.17, 15) is 9.59 Å². The third-order valence-electron chi connectivity index (χ3n) is 5.63. The maximum Gasteiger partial charge on any atom is 0.248 e. The van der Waals surface area contributed by atoms with E-state index >= 15 is 0 Å². The Morgan fingerprint density at radius 3 is 2.52 bits per heavy atom. The smallest absolute Gasteiger partial charge is 0.248 e. The van der Waals surface area contributed by atoms with Gasteiger partial charge in [-0.15, -0.1) is 0 Å². The van der Waals surface area contributed by atoms with Crippen LogP contribution >= 0.6 is 0 Å². The minimum absolute atomic E-state index is 0.113. The van der Waals surface area contributed by atoms with Gasteiger partial charge >= 0.3 is 0 Å². The Kier molecular flexibility index (Phi) is 4.70. The van der Waals surface area contributed by atoms with Gasteiger partial charge in [0.15, 0.2) is 0 Å². The number of amides is 2. The number of carbonyl (C=O) groups is 2. The number of hydrogen-bond acceptors (Lipinski definition) is 4. The van der Waals surface area contributed by atoms with Crippen molar-refractivity contribution in [1.29, 1.82) is 0 Å². The van der Waals surface area contributed by atoms with E-state index < -0.39 is 5.91 Å². The number of likely N-dealkylation sites (tertiary alicyclic amines) is 1. The molecular weight excluding hydrogens is 342 g/mol. The number of hydrogen-bond donors (Lipinski definition) is 2. The second kappa shape index (κ2) is 7.15. The lowest BCUT2D eigenvalue weighted by molar-refractivity contribution is -0.135. The zero-order chi connectivity index (χ0) is 19.0. The van der Waals surface area contributed by atoms with Crippen molar-refractivity contribution in [3.05, 3.63) is 41.2 Å². The zero-order valence-electron chi connectivity index (χ0n) is 15.6. The molecule has 0 bridgehead atoms. The van der Waals surface area contributed by atoms with Gasteiger partial charge in [-0.2, -0.15) is 0 Å². The molecule has 3 N–H and O–H groups in total. The molecule has 0 unspecified atom stereocenters. The number of benzene rings is 1. The highest BCUT2D eigenvalue weighted by atomic mass is 16.2. The molecule has 2 amide bonds. The average molecular weight is 367 g/mol. The summed E-state index contributed by atoms with van der Waals surface area (Å²) in [4.78, 5) is 36.2. The predicted molar refractivity (Wildman–Crippen MR) is 102 cm³/mol. The van der Waals surface area contributed by atoms with Crippen LogP contribution in [0.5, 0.6) is 0 Å². The number of aromatic nitrogens is 2. The van der Waals surface area contributed by atoms with E-state index in [2.05, 4.69) is 9.88 Å². The van der Waals surface area contributed by atoms with E-state index in [4.69, 9.17) is 10.7 Å². The Labute approximate surface area is 158 Å². The highest BCUT2D eigenvalue weighted by Crippen LogP contribution is 2.25. The molecule has 1 saturated heterocycles. The van der Waals surface area contributed by atoms with E-state index in [1.54, 1.807) is 12.1 Å². The summed E-state index contributed by atoms with van der Waals surface area (Å²) < 4.78 is 0. The first-order valence-corrected chi connectivity index (χ1v) is 9.54. The molecule has 7 nitrogen and oxygen atoms in total. The van der Waals surface area contributed by atoms with Crippen molar-refractivity contribution in [3.8, 4) is 11.4 Å². The summed E-state index contributed by atoms with van der Waals surface area (Å²) in [7, 11) is 0. The van der Waals surface area contributed by atoms with Gasteiger partial charge in [0, 0.05) is 43.7 Å². The largest absolute Gasteiger partial charge is 0.366 e. The zero-order valence-corrected chi connectivity index (χ0v) is 15.6. The fourth-order valence-corrected chi connectivity index (χ4v) is 3.93. The first-order valence-electron chi connectivity index (χ1n) is 9.54. The summed E-state index contributed by atoms with van der Waals surface area (Å²) in [5.74, 6) is 0.585. The van der Waals surface area contributed by atoms with Gasteiger partial charge in [-0.1, -0.05) is 12.1 Å². The molecule has 27 heavy (non-hydrogen) atoms. The van der Waals surface area contributed by atoms with Crippen LogP contribution in [-0.2, 0) is 17.8 Å². The molecule has 2 aliphatic rings. The van der Waals surface area contributed by atoms with Crippen LogP contribution in [0.1, 0.15) is 41.5 Å². The van der Waals surface area contributed by atoms with E-state index in [0.717, 1.165) is 61.7 Å².